The Morgan fingerprint density at radius 1 is 0.778 bits per heavy atom. The molecular formula is C26H28Cl2N4O4. The minimum atomic E-state index is -1.09. The van der Waals surface area contributed by atoms with Crippen LogP contribution in [-0.2, 0) is 9.59 Å². The van der Waals surface area contributed by atoms with Crippen LogP contribution in [0.25, 0.3) is 0 Å². The highest BCUT2D eigenvalue weighted by Crippen LogP contribution is 2.37. The zero-order valence-electron chi connectivity index (χ0n) is 19.7. The summed E-state index contributed by atoms with van der Waals surface area (Å²) in [6.45, 7) is 1.44. The molecule has 3 aliphatic heterocycles. The van der Waals surface area contributed by atoms with Crippen LogP contribution in [0.1, 0.15) is 42.9 Å². The first kappa shape index (κ1) is 24.9. The van der Waals surface area contributed by atoms with Gasteiger partial charge in [0.15, 0.2) is 0 Å². The summed E-state index contributed by atoms with van der Waals surface area (Å²) >= 11 is 12.4. The van der Waals surface area contributed by atoms with Crippen LogP contribution >= 0.6 is 23.2 Å². The molecule has 190 valence electrons. The summed E-state index contributed by atoms with van der Waals surface area (Å²) in [7, 11) is 0. The van der Waals surface area contributed by atoms with Gasteiger partial charge < -0.3 is 14.9 Å². The SMILES string of the molecule is O=C(O)N1CC(N2CCCC2=O)N(C(c2ccc(Cl)cc2)c2ccc(Cl)cc2)CC1N1CCCC1=O. The van der Waals surface area contributed by atoms with Crippen molar-refractivity contribution in [1.82, 2.24) is 19.6 Å². The van der Waals surface area contributed by atoms with Gasteiger partial charge in [0.1, 0.15) is 12.3 Å². The molecule has 3 amide bonds. The van der Waals surface area contributed by atoms with E-state index in [1.807, 2.05) is 48.5 Å². The minimum absolute atomic E-state index is 0.0111. The molecule has 2 unspecified atom stereocenters. The quantitative estimate of drug-likeness (QED) is 0.623. The molecule has 3 aliphatic rings. The van der Waals surface area contributed by atoms with Crippen LogP contribution in [0.3, 0.4) is 0 Å². The van der Waals surface area contributed by atoms with Crippen molar-refractivity contribution in [3.8, 4) is 0 Å². The van der Waals surface area contributed by atoms with Gasteiger partial charge in [-0.2, -0.15) is 0 Å². The number of benzene rings is 2. The van der Waals surface area contributed by atoms with Crippen LogP contribution in [0.4, 0.5) is 4.79 Å². The largest absolute Gasteiger partial charge is 0.465 e. The fourth-order valence-electron chi connectivity index (χ4n) is 5.67. The van der Waals surface area contributed by atoms with E-state index in [0.29, 0.717) is 42.4 Å². The number of nitrogens with zero attached hydrogens (tertiary/aromatic N) is 4. The molecule has 2 aromatic carbocycles. The van der Waals surface area contributed by atoms with E-state index in [9.17, 15) is 19.5 Å². The van der Waals surface area contributed by atoms with Gasteiger partial charge in [0.25, 0.3) is 0 Å². The number of hydrogen-bond acceptors (Lipinski definition) is 4. The number of amides is 3. The summed E-state index contributed by atoms with van der Waals surface area (Å²) in [5.74, 6) is -0.0339. The fourth-order valence-corrected chi connectivity index (χ4v) is 5.92. The summed E-state index contributed by atoms with van der Waals surface area (Å²) in [5.41, 5.74) is 1.90. The second-order valence-electron chi connectivity index (χ2n) is 9.48. The van der Waals surface area contributed by atoms with Crippen molar-refractivity contribution in [3.05, 3.63) is 69.7 Å². The average Bonchev–Trinajstić information content (AvgIpc) is 3.49. The van der Waals surface area contributed by atoms with E-state index in [4.69, 9.17) is 23.2 Å². The second kappa shape index (κ2) is 10.3. The van der Waals surface area contributed by atoms with Crippen molar-refractivity contribution in [2.75, 3.05) is 26.2 Å². The molecule has 36 heavy (non-hydrogen) atoms. The Bertz CT molecular complexity index is 1100. The number of likely N-dealkylation sites (tertiary alicyclic amines) is 2. The van der Waals surface area contributed by atoms with Gasteiger partial charge in [0, 0.05) is 42.5 Å². The topological polar surface area (TPSA) is 84.4 Å². The van der Waals surface area contributed by atoms with Gasteiger partial charge in [-0.05, 0) is 48.2 Å². The molecule has 3 heterocycles. The maximum atomic E-state index is 12.9. The predicted octanol–water partition coefficient (Wildman–Crippen LogP) is 4.28. The van der Waals surface area contributed by atoms with Crippen LogP contribution in [-0.4, -0.2) is 81.1 Å². The third kappa shape index (κ3) is 4.77. The third-order valence-electron chi connectivity index (χ3n) is 7.37. The summed E-state index contributed by atoms with van der Waals surface area (Å²) in [6, 6.07) is 14.8. The molecule has 10 heteroatoms. The van der Waals surface area contributed by atoms with Crippen molar-refractivity contribution in [2.45, 2.75) is 44.1 Å². The average molecular weight is 531 g/mol. The number of carboxylic acid groups (broad SMARTS) is 1. The van der Waals surface area contributed by atoms with E-state index in [1.54, 1.807) is 9.80 Å². The van der Waals surface area contributed by atoms with Crippen LogP contribution in [0.15, 0.2) is 48.5 Å². The number of rotatable bonds is 5. The lowest BCUT2D eigenvalue weighted by molar-refractivity contribution is -0.148. The highest BCUT2D eigenvalue weighted by atomic mass is 35.5. The molecule has 0 radical (unpaired) electrons. The monoisotopic (exact) mass is 530 g/mol. The van der Waals surface area contributed by atoms with Crippen LogP contribution in [0.2, 0.25) is 10.0 Å². The van der Waals surface area contributed by atoms with E-state index in [2.05, 4.69) is 4.90 Å². The summed E-state index contributed by atoms with van der Waals surface area (Å²) in [5, 5.41) is 11.4. The molecule has 0 saturated carbocycles. The molecule has 3 fully saturated rings. The van der Waals surface area contributed by atoms with Crippen molar-refractivity contribution < 1.29 is 19.5 Å². The lowest BCUT2D eigenvalue weighted by Crippen LogP contribution is -2.69. The predicted molar refractivity (Wildman–Crippen MR) is 136 cm³/mol. The zero-order valence-corrected chi connectivity index (χ0v) is 21.2. The van der Waals surface area contributed by atoms with Gasteiger partial charge in [-0.1, -0.05) is 47.5 Å². The highest BCUT2D eigenvalue weighted by molar-refractivity contribution is 6.30. The Hall–Kier alpha value is -2.81. The summed E-state index contributed by atoms with van der Waals surface area (Å²) < 4.78 is 0. The van der Waals surface area contributed by atoms with E-state index < -0.39 is 18.4 Å². The van der Waals surface area contributed by atoms with E-state index >= 15 is 0 Å². The van der Waals surface area contributed by atoms with Gasteiger partial charge >= 0.3 is 6.09 Å². The molecular weight excluding hydrogens is 503 g/mol. The Balaban J connectivity index is 1.62. The van der Waals surface area contributed by atoms with Crippen LogP contribution < -0.4 is 0 Å². The molecule has 1 N–H and O–H groups in total. The fraction of sp³-hybridized carbons (Fsp3) is 0.423. The molecule has 0 bridgehead atoms. The number of hydrogen-bond donors (Lipinski definition) is 1. The van der Waals surface area contributed by atoms with E-state index in [1.165, 1.54) is 4.90 Å². The molecule has 3 saturated heterocycles. The van der Waals surface area contributed by atoms with Gasteiger partial charge in [-0.25, -0.2) is 4.79 Å². The van der Waals surface area contributed by atoms with Crippen molar-refractivity contribution >= 4 is 41.1 Å². The molecule has 2 atom stereocenters. The Morgan fingerprint density at radius 3 is 1.67 bits per heavy atom. The number of carbonyl (C=O) groups is 3. The first-order chi connectivity index (χ1) is 17.3. The third-order valence-corrected chi connectivity index (χ3v) is 7.87. The Kier molecular flexibility index (Phi) is 7.10. The molecule has 0 spiro atoms. The lowest BCUT2D eigenvalue weighted by Gasteiger charge is -2.52. The van der Waals surface area contributed by atoms with Gasteiger partial charge in [0.2, 0.25) is 11.8 Å². The van der Waals surface area contributed by atoms with E-state index in [0.717, 1.165) is 17.5 Å². The Labute approximate surface area is 220 Å². The standard InChI is InChI=1S/C26H28Cl2N4O4/c27-19-9-5-17(6-10-19)25(18-7-11-20(28)12-8-18)31-15-22(30-14-2-4-24(30)34)32(26(35)36)16-21(31)29-13-1-3-23(29)33/h5-12,21-22,25H,1-4,13-16H2,(H,35,36). The molecule has 0 aromatic heterocycles. The molecule has 2 aromatic rings. The maximum Gasteiger partial charge on any atom is 0.409 e. The smallest absolute Gasteiger partial charge is 0.409 e. The lowest BCUT2D eigenvalue weighted by atomic mass is 9.95. The van der Waals surface area contributed by atoms with Crippen molar-refractivity contribution in [1.29, 1.82) is 0 Å². The Morgan fingerprint density at radius 2 is 1.25 bits per heavy atom. The van der Waals surface area contributed by atoms with Crippen molar-refractivity contribution in [3.63, 3.8) is 0 Å². The van der Waals surface area contributed by atoms with Crippen molar-refractivity contribution in [2.24, 2.45) is 0 Å². The maximum absolute atomic E-state index is 12.9. The van der Waals surface area contributed by atoms with Gasteiger partial charge in [0.05, 0.1) is 12.6 Å². The van der Waals surface area contributed by atoms with Crippen LogP contribution in [0, 0.1) is 0 Å². The number of halogens is 2. The zero-order chi connectivity index (χ0) is 25.4. The molecule has 0 aliphatic carbocycles. The minimum Gasteiger partial charge on any atom is -0.465 e. The number of carbonyl (C=O) groups excluding carboxylic acids is 2. The normalized spacial score (nSPS) is 23.2. The first-order valence-electron chi connectivity index (χ1n) is 12.2. The van der Waals surface area contributed by atoms with E-state index in [-0.39, 0.29) is 30.9 Å². The van der Waals surface area contributed by atoms with Crippen LogP contribution in [0.5, 0.6) is 0 Å². The highest BCUT2D eigenvalue weighted by Gasteiger charge is 2.47. The van der Waals surface area contributed by atoms with Gasteiger partial charge in [-0.3, -0.25) is 19.4 Å². The second-order valence-corrected chi connectivity index (χ2v) is 10.4. The molecule has 8 nitrogen and oxygen atoms in total. The summed E-state index contributed by atoms with van der Waals surface area (Å²) in [4.78, 5) is 45.0. The number of piperazine rings is 1. The summed E-state index contributed by atoms with van der Waals surface area (Å²) in [6.07, 6.45) is 0.0692. The first-order valence-corrected chi connectivity index (χ1v) is 12.9. The van der Waals surface area contributed by atoms with Gasteiger partial charge in [-0.15, -0.1) is 0 Å². The molecule has 5 rings (SSSR count).